The lowest BCUT2D eigenvalue weighted by atomic mass is 9.97. The highest BCUT2D eigenvalue weighted by Crippen LogP contribution is 2.25. The molecule has 2 aromatic rings. The van der Waals surface area contributed by atoms with Crippen LogP contribution in [0.25, 0.3) is 0 Å². The third-order valence-electron chi connectivity index (χ3n) is 3.56. The third-order valence-corrected chi connectivity index (χ3v) is 3.56. The lowest BCUT2D eigenvalue weighted by Gasteiger charge is -2.21. The van der Waals surface area contributed by atoms with Crippen molar-refractivity contribution in [2.45, 2.75) is 39.7 Å². The van der Waals surface area contributed by atoms with Gasteiger partial charge in [-0.25, -0.2) is 4.98 Å². The molecule has 0 fully saturated rings. The Balaban J connectivity index is 2.16. The van der Waals surface area contributed by atoms with E-state index >= 15 is 0 Å². The number of hydrogen-bond donors (Lipinski definition) is 1. The van der Waals surface area contributed by atoms with E-state index in [4.69, 9.17) is 0 Å². The van der Waals surface area contributed by atoms with Crippen molar-refractivity contribution in [3.8, 4) is 0 Å². The topological polar surface area (TPSA) is 24.9 Å². The van der Waals surface area contributed by atoms with Crippen molar-refractivity contribution in [1.82, 2.24) is 4.98 Å². The molecule has 0 radical (unpaired) electrons. The Bertz CT molecular complexity index is 520. The Kier molecular flexibility index (Phi) is 5.16. The number of aromatic nitrogens is 1. The second kappa shape index (κ2) is 7.09. The first-order chi connectivity index (χ1) is 9.66. The largest absolute Gasteiger partial charge is 0.363 e. The molecule has 1 aromatic carbocycles. The van der Waals surface area contributed by atoms with Gasteiger partial charge in [0.05, 0.1) is 6.04 Å². The molecule has 0 aliphatic carbocycles. The first-order valence-corrected chi connectivity index (χ1v) is 7.40. The van der Waals surface area contributed by atoms with E-state index in [2.05, 4.69) is 67.5 Å². The van der Waals surface area contributed by atoms with Gasteiger partial charge in [0.2, 0.25) is 0 Å². The Hall–Kier alpha value is -1.83. The number of rotatable bonds is 6. The first kappa shape index (κ1) is 14.6. The van der Waals surface area contributed by atoms with Crippen molar-refractivity contribution in [1.29, 1.82) is 0 Å². The van der Waals surface area contributed by atoms with Crippen molar-refractivity contribution >= 4 is 5.82 Å². The standard InChI is InChI=1S/C18H24N2/c1-14(2)11-12-17(16-9-5-4-6-10-16)20-18-15(3)8-7-13-19-18/h4-10,13-14,17H,11-12H2,1-3H3,(H,19,20). The number of pyridine rings is 1. The fourth-order valence-corrected chi connectivity index (χ4v) is 2.31. The van der Waals surface area contributed by atoms with E-state index in [-0.39, 0.29) is 0 Å². The molecule has 1 aromatic heterocycles. The molecule has 0 amide bonds. The summed E-state index contributed by atoms with van der Waals surface area (Å²) in [6.07, 6.45) is 4.18. The van der Waals surface area contributed by atoms with E-state index < -0.39 is 0 Å². The van der Waals surface area contributed by atoms with Crippen LogP contribution < -0.4 is 5.32 Å². The summed E-state index contributed by atoms with van der Waals surface area (Å²) < 4.78 is 0. The predicted octanol–water partition coefficient (Wildman–Crippen LogP) is 4.98. The van der Waals surface area contributed by atoms with E-state index in [0.717, 1.165) is 12.2 Å². The SMILES string of the molecule is Cc1cccnc1NC(CCC(C)C)c1ccccc1. The average molecular weight is 268 g/mol. The number of nitrogens with zero attached hydrogens (tertiary/aromatic N) is 1. The highest BCUT2D eigenvalue weighted by molar-refractivity contribution is 5.45. The third kappa shape index (κ3) is 4.09. The smallest absolute Gasteiger partial charge is 0.129 e. The lowest BCUT2D eigenvalue weighted by Crippen LogP contribution is -2.13. The average Bonchev–Trinajstić information content (AvgIpc) is 2.46. The van der Waals surface area contributed by atoms with Gasteiger partial charge in [0.1, 0.15) is 5.82 Å². The van der Waals surface area contributed by atoms with Crippen LogP contribution in [0.2, 0.25) is 0 Å². The Morgan fingerprint density at radius 2 is 1.75 bits per heavy atom. The molecule has 2 nitrogen and oxygen atoms in total. The molecule has 0 bridgehead atoms. The summed E-state index contributed by atoms with van der Waals surface area (Å²) in [5, 5.41) is 3.61. The van der Waals surface area contributed by atoms with Crippen LogP contribution in [0.4, 0.5) is 5.82 Å². The van der Waals surface area contributed by atoms with Gasteiger partial charge in [-0.05, 0) is 42.9 Å². The van der Waals surface area contributed by atoms with E-state index in [9.17, 15) is 0 Å². The van der Waals surface area contributed by atoms with Crippen LogP contribution in [0.1, 0.15) is 43.9 Å². The zero-order chi connectivity index (χ0) is 14.4. The van der Waals surface area contributed by atoms with Gasteiger partial charge in [-0.1, -0.05) is 50.2 Å². The highest BCUT2D eigenvalue weighted by Gasteiger charge is 2.13. The minimum absolute atomic E-state index is 0.326. The van der Waals surface area contributed by atoms with Crippen LogP contribution in [0.3, 0.4) is 0 Å². The van der Waals surface area contributed by atoms with E-state index in [1.807, 2.05) is 12.3 Å². The maximum atomic E-state index is 4.46. The van der Waals surface area contributed by atoms with E-state index in [1.54, 1.807) is 0 Å². The molecule has 0 saturated carbocycles. The van der Waals surface area contributed by atoms with Crippen LogP contribution in [-0.4, -0.2) is 4.98 Å². The van der Waals surface area contributed by atoms with Gasteiger partial charge < -0.3 is 5.32 Å². The predicted molar refractivity (Wildman–Crippen MR) is 85.9 cm³/mol. The van der Waals surface area contributed by atoms with Crippen molar-refractivity contribution in [2.24, 2.45) is 5.92 Å². The molecule has 0 saturated heterocycles. The molecule has 0 aliphatic heterocycles. The number of benzene rings is 1. The lowest BCUT2D eigenvalue weighted by molar-refractivity contribution is 0.521. The van der Waals surface area contributed by atoms with Gasteiger partial charge >= 0.3 is 0 Å². The fraction of sp³-hybridized carbons (Fsp3) is 0.389. The van der Waals surface area contributed by atoms with Crippen LogP contribution in [-0.2, 0) is 0 Å². The van der Waals surface area contributed by atoms with Crippen LogP contribution in [0.5, 0.6) is 0 Å². The molecule has 2 rings (SSSR count). The van der Waals surface area contributed by atoms with Gasteiger partial charge in [0, 0.05) is 6.20 Å². The van der Waals surface area contributed by atoms with Crippen molar-refractivity contribution in [3.63, 3.8) is 0 Å². The van der Waals surface area contributed by atoms with Gasteiger partial charge in [-0.3, -0.25) is 0 Å². The van der Waals surface area contributed by atoms with Crippen LogP contribution >= 0.6 is 0 Å². The van der Waals surface area contributed by atoms with Crippen LogP contribution in [0, 0.1) is 12.8 Å². The molecule has 0 aliphatic rings. The molecular weight excluding hydrogens is 244 g/mol. The van der Waals surface area contributed by atoms with E-state index in [1.165, 1.54) is 17.5 Å². The molecule has 1 heterocycles. The molecule has 1 unspecified atom stereocenters. The summed E-state index contributed by atoms with van der Waals surface area (Å²) in [7, 11) is 0. The maximum Gasteiger partial charge on any atom is 0.129 e. The molecule has 20 heavy (non-hydrogen) atoms. The molecular formula is C18H24N2. The van der Waals surface area contributed by atoms with E-state index in [0.29, 0.717) is 12.0 Å². The zero-order valence-corrected chi connectivity index (χ0v) is 12.6. The number of aryl methyl sites for hydroxylation is 1. The highest BCUT2D eigenvalue weighted by atomic mass is 15.0. The number of hydrogen-bond acceptors (Lipinski definition) is 2. The molecule has 1 atom stereocenters. The Labute approximate surface area is 122 Å². The van der Waals surface area contributed by atoms with Gasteiger partial charge in [-0.2, -0.15) is 0 Å². The zero-order valence-electron chi connectivity index (χ0n) is 12.6. The van der Waals surface area contributed by atoms with Gasteiger partial charge in [0.15, 0.2) is 0 Å². The second-order valence-corrected chi connectivity index (χ2v) is 5.75. The maximum absolute atomic E-state index is 4.46. The first-order valence-electron chi connectivity index (χ1n) is 7.40. The fourth-order valence-electron chi connectivity index (χ4n) is 2.31. The van der Waals surface area contributed by atoms with Crippen molar-refractivity contribution in [3.05, 3.63) is 59.8 Å². The number of anilines is 1. The summed E-state index contributed by atoms with van der Waals surface area (Å²) in [5.41, 5.74) is 2.52. The monoisotopic (exact) mass is 268 g/mol. The quantitative estimate of drug-likeness (QED) is 0.799. The van der Waals surface area contributed by atoms with Gasteiger partial charge in [-0.15, -0.1) is 0 Å². The van der Waals surface area contributed by atoms with Crippen molar-refractivity contribution in [2.75, 3.05) is 5.32 Å². The van der Waals surface area contributed by atoms with Crippen LogP contribution in [0.15, 0.2) is 48.7 Å². The Morgan fingerprint density at radius 3 is 2.40 bits per heavy atom. The van der Waals surface area contributed by atoms with Crippen molar-refractivity contribution < 1.29 is 0 Å². The normalized spacial score (nSPS) is 12.4. The second-order valence-electron chi connectivity index (χ2n) is 5.75. The number of nitrogens with one attached hydrogen (secondary N) is 1. The molecule has 1 N–H and O–H groups in total. The minimum atomic E-state index is 0.326. The summed E-state index contributed by atoms with van der Waals surface area (Å²) in [4.78, 5) is 4.46. The minimum Gasteiger partial charge on any atom is -0.363 e. The molecule has 2 heteroatoms. The summed E-state index contributed by atoms with van der Waals surface area (Å²) >= 11 is 0. The molecule has 106 valence electrons. The Morgan fingerprint density at radius 1 is 1.00 bits per heavy atom. The summed E-state index contributed by atoms with van der Waals surface area (Å²) in [6.45, 7) is 6.64. The summed E-state index contributed by atoms with van der Waals surface area (Å²) in [5.74, 6) is 1.71. The van der Waals surface area contributed by atoms with Gasteiger partial charge in [0.25, 0.3) is 0 Å². The summed E-state index contributed by atoms with van der Waals surface area (Å²) in [6, 6.07) is 15.1. The molecule has 0 spiro atoms.